The molecule has 0 saturated carbocycles. The van der Waals surface area contributed by atoms with Crippen LogP contribution < -0.4 is 0 Å². The Labute approximate surface area is 159 Å². The standard InChI is InChI=1S/2C10H15.C2H7Si.Zr/c2*1-3-4-5-10-7-6-9(2)8-10;1-3-2;/h2*6-8H,3-5H2,1-2H3;3H,1-2H3;. The summed E-state index contributed by atoms with van der Waals surface area (Å²) in [7, 11) is 0. The van der Waals surface area contributed by atoms with Gasteiger partial charge in [-0.1, -0.05) is 0 Å². The van der Waals surface area contributed by atoms with Crippen LogP contribution in [0.5, 0.6) is 0 Å². The minimum atomic E-state index is -1.69. The number of hydrogen-bond acceptors (Lipinski definition) is 0. The molecule has 0 amide bonds. The van der Waals surface area contributed by atoms with Crippen molar-refractivity contribution in [2.75, 3.05) is 0 Å². The van der Waals surface area contributed by atoms with E-state index in [1.165, 1.54) is 38.5 Å². The Hall–Kier alpha value is 0.0600. The molecule has 0 nitrogen and oxygen atoms in total. The van der Waals surface area contributed by atoms with Crippen LogP contribution in [0.4, 0.5) is 0 Å². The van der Waals surface area contributed by atoms with Crippen molar-refractivity contribution in [3.05, 3.63) is 47.6 Å². The van der Waals surface area contributed by atoms with E-state index in [-0.39, 0.29) is 0 Å². The van der Waals surface area contributed by atoms with Gasteiger partial charge in [-0.2, -0.15) is 0 Å². The van der Waals surface area contributed by atoms with E-state index in [1.54, 1.807) is 11.1 Å². The third-order valence-electron chi connectivity index (χ3n) is 5.63. The first-order valence-electron chi connectivity index (χ1n) is 10.0. The summed E-state index contributed by atoms with van der Waals surface area (Å²) in [6.07, 6.45) is 23.4. The van der Waals surface area contributed by atoms with Crippen molar-refractivity contribution in [1.29, 1.82) is 0 Å². The van der Waals surface area contributed by atoms with Crippen molar-refractivity contribution in [2.24, 2.45) is 0 Å². The molecule has 2 aliphatic carbocycles. The quantitative estimate of drug-likeness (QED) is 0.343. The summed E-state index contributed by atoms with van der Waals surface area (Å²) in [4.78, 5) is 0. The van der Waals surface area contributed by atoms with Crippen molar-refractivity contribution >= 4 is 5.92 Å². The van der Waals surface area contributed by atoms with Gasteiger partial charge in [0.25, 0.3) is 0 Å². The maximum absolute atomic E-state index is 2.70. The first-order valence-corrected chi connectivity index (χ1v) is 19.6. The average molecular weight is 421 g/mol. The fraction of sp³-hybridized carbons (Fsp3) is 0.636. The summed E-state index contributed by atoms with van der Waals surface area (Å²) in [5, 5.41) is 0. The molecule has 2 unspecified atom stereocenters. The van der Waals surface area contributed by atoms with Crippen LogP contribution in [0.25, 0.3) is 0 Å². The van der Waals surface area contributed by atoms with Crippen LogP contribution in [0, 0.1) is 0 Å². The number of unbranched alkanes of at least 4 members (excludes halogenated alkanes) is 2. The molecule has 2 atom stereocenters. The molecule has 0 bridgehead atoms. The van der Waals surface area contributed by atoms with Crippen LogP contribution in [0.15, 0.2) is 47.6 Å². The zero-order chi connectivity index (χ0) is 17.8. The molecule has 24 heavy (non-hydrogen) atoms. The van der Waals surface area contributed by atoms with Crippen LogP contribution in [0.3, 0.4) is 0 Å². The second-order valence-corrected chi connectivity index (χ2v) is 30.0. The van der Waals surface area contributed by atoms with Crippen molar-refractivity contribution < 1.29 is 20.9 Å². The summed E-state index contributed by atoms with van der Waals surface area (Å²) in [5.41, 5.74) is 3.24. The van der Waals surface area contributed by atoms with Crippen molar-refractivity contribution in [3.8, 4) is 0 Å². The molecule has 0 aromatic rings. The van der Waals surface area contributed by atoms with E-state index in [0.717, 1.165) is 0 Å². The fourth-order valence-corrected chi connectivity index (χ4v) is 33.5. The van der Waals surface area contributed by atoms with Gasteiger partial charge in [0.05, 0.1) is 0 Å². The molecule has 0 heterocycles. The molecule has 0 saturated heterocycles. The Morgan fingerprint density at radius 3 is 1.58 bits per heavy atom. The molecule has 2 aliphatic rings. The van der Waals surface area contributed by atoms with Crippen LogP contribution in [0.2, 0.25) is 19.3 Å². The molecule has 0 aromatic carbocycles. The van der Waals surface area contributed by atoms with Crippen LogP contribution >= 0.6 is 0 Å². The van der Waals surface area contributed by atoms with Crippen molar-refractivity contribution in [2.45, 2.75) is 85.6 Å². The Morgan fingerprint density at radius 2 is 1.25 bits per heavy atom. The molecular weight excluding hydrogens is 384 g/mol. The normalized spacial score (nSPS) is 28.6. The summed E-state index contributed by atoms with van der Waals surface area (Å²) in [5.74, 6) is -0.630. The molecule has 0 aliphatic heterocycles. The SMILES string of the molecule is CCCCC1=C[C](C)([Zr]([SiH](C)C)[C]2(C)C=CC(CCCC)=C2)C=C1. The summed E-state index contributed by atoms with van der Waals surface area (Å²) in [6.45, 7) is 15.0. The average Bonchev–Trinajstić information content (AvgIpc) is 3.07. The summed E-state index contributed by atoms with van der Waals surface area (Å²) >= 11 is -1.69. The van der Waals surface area contributed by atoms with Gasteiger partial charge in [0.15, 0.2) is 0 Å². The molecule has 0 fully saturated rings. The van der Waals surface area contributed by atoms with Gasteiger partial charge in [-0.15, -0.1) is 0 Å². The van der Waals surface area contributed by atoms with Gasteiger partial charge < -0.3 is 0 Å². The monoisotopic (exact) mass is 419 g/mol. The van der Waals surface area contributed by atoms with Gasteiger partial charge in [-0.25, -0.2) is 0 Å². The van der Waals surface area contributed by atoms with Gasteiger partial charge in [0, 0.05) is 0 Å². The first kappa shape index (κ1) is 20.4. The van der Waals surface area contributed by atoms with Gasteiger partial charge >= 0.3 is 160 Å². The predicted octanol–water partition coefficient (Wildman–Crippen LogP) is 7.32. The third kappa shape index (κ3) is 4.61. The minimum absolute atomic E-state index is 0.432. The van der Waals surface area contributed by atoms with Crippen molar-refractivity contribution in [3.63, 3.8) is 0 Å². The second kappa shape index (κ2) is 8.63. The number of rotatable bonds is 9. The van der Waals surface area contributed by atoms with E-state index in [4.69, 9.17) is 0 Å². The van der Waals surface area contributed by atoms with E-state index in [0.29, 0.717) is 6.25 Å². The van der Waals surface area contributed by atoms with E-state index in [2.05, 4.69) is 77.2 Å². The second-order valence-electron chi connectivity index (χ2n) is 8.45. The summed E-state index contributed by atoms with van der Waals surface area (Å²) < 4.78 is 0.864. The van der Waals surface area contributed by atoms with Gasteiger partial charge in [0.1, 0.15) is 0 Å². The Kier molecular flexibility index (Phi) is 7.33. The first-order chi connectivity index (χ1) is 11.3. The third-order valence-corrected chi connectivity index (χ3v) is 29.9. The Bertz CT molecular complexity index is 508. The van der Waals surface area contributed by atoms with Crippen LogP contribution in [-0.2, 0) is 20.9 Å². The van der Waals surface area contributed by atoms with Gasteiger partial charge in [-0.05, 0) is 0 Å². The van der Waals surface area contributed by atoms with E-state index in [1.807, 2.05) is 0 Å². The van der Waals surface area contributed by atoms with Crippen molar-refractivity contribution in [1.82, 2.24) is 0 Å². The van der Waals surface area contributed by atoms with Gasteiger partial charge in [-0.3, -0.25) is 0 Å². The number of hydrogen-bond donors (Lipinski definition) is 0. The molecule has 133 valence electrons. The molecule has 0 spiro atoms. The molecule has 2 heteroatoms. The topological polar surface area (TPSA) is 0 Å². The fourth-order valence-electron chi connectivity index (χ4n) is 4.76. The zero-order valence-corrected chi connectivity index (χ0v) is 20.4. The Balaban J connectivity index is 2.25. The predicted molar refractivity (Wildman–Crippen MR) is 109 cm³/mol. The molecular formula is C22H37SiZr. The molecule has 0 aromatic heterocycles. The van der Waals surface area contributed by atoms with E-state index >= 15 is 0 Å². The van der Waals surface area contributed by atoms with E-state index in [9.17, 15) is 0 Å². The molecule has 2 rings (SSSR count). The van der Waals surface area contributed by atoms with E-state index < -0.39 is 26.8 Å². The molecule has 0 N–H and O–H groups in total. The van der Waals surface area contributed by atoms with Crippen LogP contribution in [-0.4, -0.2) is 5.92 Å². The maximum atomic E-state index is 2.70. The summed E-state index contributed by atoms with van der Waals surface area (Å²) in [6, 6.07) is 0. The Morgan fingerprint density at radius 1 is 0.833 bits per heavy atom. The molecule has 0 radical (unpaired) electrons. The van der Waals surface area contributed by atoms with Gasteiger partial charge in [0.2, 0.25) is 0 Å². The number of allylic oxidation sites excluding steroid dienone is 8. The zero-order valence-electron chi connectivity index (χ0n) is 16.8. The van der Waals surface area contributed by atoms with Crippen LogP contribution in [0.1, 0.15) is 66.2 Å².